The smallest absolute Gasteiger partial charge is 0.164 e. The summed E-state index contributed by atoms with van der Waals surface area (Å²) in [7, 11) is 0. The number of benzene rings is 3. The standard InChI is InChI=1S/C34H41N3/c1-7-9-24-34(5,6)29-21-17-27(18-22-29)32-36-30(25-13-11-10-12-14-25)35-31(37-32)26-15-19-28(20-16-26)33(3,4)23-8-2/h10-22H,7-9,23-24H2,1-6H3. The van der Waals surface area contributed by atoms with Crippen LogP contribution >= 0.6 is 0 Å². The van der Waals surface area contributed by atoms with Crippen molar-refractivity contribution in [1.82, 2.24) is 15.0 Å². The van der Waals surface area contributed by atoms with E-state index in [0.717, 1.165) is 23.1 Å². The van der Waals surface area contributed by atoms with E-state index in [9.17, 15) is 0 Å². The number of rotatable bonds is 10. The molecule has 0 spiro atoms. The van der Waals surface area contributed by atoms with E-state index in [-0.39, 0.29) is 10.8 Å². The second kappa shape index (κ2) is 11.4. The van der Waals surface area contributed by atoms with Gasteiger partial charge in [-0.25, -0.2) is 15.0 Å². The van der Waals surface area contributed by atoms with Gasteiger partial charge in [0, 0.05) is 16.7 Å². The Kier molecular flexibility index (Phi) is 8.22. The Hall–Kier alpha value is -3.33. The summed E-state index contributed by atoms with van der Waals surface area (Å²) < 4.78 is 0. The number of unbranched alkanes of at least 4 members (excludes halogenated alkanes) is 1. The van der Waals surface area contributed by atoms with E-state index in [1.807, 2.05) is 18.2 Å². The fraction of sp³-hybridized carbons (Fsp3) is 0.382. The number of hydrogen-bond acceptors (Lipinski definition) is 3. The SMILES string of the molecule is CCCCC(C)(C)c1ccc(-c2nc(-c3ccccc3)nc(-c3ccc(C(C)(C)CCC)cc3)n2)cc1. The normalized spacial score (nSPS) is 12.1. The van der Waals surface area contributed by atoms with E-state index in [4.69, 9.17) is 15.0 Å². The molecule has 0 unspecified atom stereocenters. The van der Waals surface area contributed by atoms with Crippen molar-refractivity contribution in [2.45, 2.75) is 84.5 Å². The van der Waals surface area contributed by atoms with Crippen molar-refractivity contribution in [2.75, 3.05) is 0 Å². The maximum atomic E-state index is 4.95. The second-order valence-electron chi connectivity index (χ2n) is 11.4. The molecule has 0 fully saturated rings. The molecule has 4 aromatic rings. The van der Waals surface area contributed by atoms with Crippen molar-refractivity contribution in [3.8, 4) is 34.2 Å². The van der Waals surface area contributed by atoms with E-state index in [1.54, 1.807) is 0 Å². The lowest BCUT2D eigenvalue weighted by atomic mass is 9.80. The summed E-state index contributed by atoms with van der Waals surface area (Å²) in [5, 5.41) is 0. The van der Waals surface area contributed by atoms with Gasteiger partial charge in [-0.2, -0.15) is 0 Å². The average Bonchev–Trinajstić information content (AvgIpc) is 2.92. The molecule has 0 aliphatic rings. The fourth-order valence-corrected chi connectivity index (χ4v) is 5.02. The molecular weight excluding hydrogens is 450 g/mol. The maximum absolute atomic E-state index is 4.95. The van der Waals surface area contributed by atoms with Crippen molar-refractivity contribution < 1.29 is 0 Å². The molecule has 3 nitrogen and oxygen atoms in total. The molecule has 0 aliphatic heterocycles. The summed E-state index contributed by atoms with van der Waals surface area (Å²) in [6.45, 7) is 13.8. The zero-order valence-corrected chi connectivity index (χ0v) is 23.4. The lowest BCUT2D eigenvalue weighted by Crippen LogP contribution is -2.16. The summed E-state index contributed by atoms with van der Waals surface area (Å²) in [5.74, 6) is 2.11. The first-order valence-corrected chi connectivity index (χ1v) is 13.8. The Morgan fingerprint density at radius 3 is 1.30 bits per heavy atom. The Balaban J connectivity index is 1.74. The Labute approximate surface area is 223 Å². The molecule has 0 bridgehead atoms. The van der Waals surface area contributed by atoms with Gasteiger partial charge in [-0.3, -0.25) is 0 Å². The van der Waals surface area contributed by atoms with Crippen LogP contribution in [0, 0.1) is 0 Å². The van der Waals surface area contributed by atoms with Gasteiger partial charge in [-0.15, -0.1) is 0 Å². The van der Waals surface area contributed by atoms with Crippen LogP contribution in [0.5, 0.6) is 0 Å². The van der Waals surface area contributed by atoms with Crippen LogP contribution < -0.4 is 0 Å². The van der Waals surface area contributed by atoms with Crippen LogP contribution in [0.2, 0.25) is 0 Å². The second-order valence-corrected chi connectivity index (χ2v) is 11.4. The molecule has 0 aliphatic carbocycles. The summed E-state index contributed by atoms with van der Waals surface area (Å²) in [6.07, 6.45) is 5.96. The highest BCUT2D eigenvalue weighted by Crippen LogP contribution is 2.32. The van der Waals surface area contributed by atoms with Gasteiger partial charge in [0.15, 0.2) is 17.5 Å². The molecule has 0 atom stereocenters. The maximum Gasteiger partial charge on any atom is 0.164 e. The highest BCUT2D eigenvalue weighted by molar-refractivity contribution is 5.66. The predicted molar refractivity (Wildman–Crippen MR) is 157 cm³/mol. The van der Waals surface area contributed by atoms with Gasteiger partial charge in [-0.05, 0) is 34.8 Å². The van der Waals surface area contributed by atoms with Crippen LogP contribution in [0.15, 0.2) is 78.9 Å². The first-order chi connectivity index (χ1) is 17.7. The van der Waals surface area contributed by atoms with Crippen LogP contribution in [-0.2, 0) is 10.8 Å². The van der Waals surface area contributed by atoms with E-state index < -0.39 is 0 Å². The summed E-state index contributed by atoms with van der Waals surface area (Å²) >= 11 is 0. The monoisotopic (exact) mass is 491 g/mol. The lowest BCUT2D eigenvalue weighted by Gasteiger charge is -2.25. The Morgan fingerprint density at radius 2 is 0.892 bits per heavy atom. The first kappa shape index (κ1) is 26.7. The minimum Gasteiger partial charge on any atom is -0.208 e. The zero-order valence-electron chi connectivity index (χ0n) is 23.4. The van der Waals surface area contributed by atoms with E-state index in [1.165, 1.54) is 36.8 Å². The van der Waals surface area contributed by atoms with Crippen molar-refractivity contribution in [1.29, 1.82) is 0 Å². The minimum absolute atomic E-state index is 0.152. The van der Waals surface area contributed by atoms with Gasteiger partial charge in [-0.1, -0.05) is 140 Å². The van der Waals surface area contributed by atoms with E-state index >= 15 is 0 Å². The topological polar surface area (TPSA) is 38.7 Å². The summed E-state index contributed by atoms with van der Waals surface area (Å²) in [5.41, 5.74) is 6.02. The molecule has 0 amide bonds. The largest absolute Gasteiger partial charge is 0.208 e. The zero-order chi connectivity index (χ0) is 26.5. The third-order valence-corrected chi connectivity index (χ3v) is 7.55. The van der Waals surface area contributed by atoms with Gasteiger partial charge in [0.25, 0.3) is 0 Å². The lowest BCUT2D eigenvalue weighted by molar-refractivity contribution is 0.458. The van der Waals surface area contributed by atoms with Crippen LogP contribution in [-0.4, -0.2) is 15.0 Å². The van der Waals surface area contributed by atoms with Gasteiger partial charge >= 0.3 is 0 Å². The van der Waals surface area contributed by atoms with Gasteiger partial charge in [0.1, 0.15) is 0 Å². The van der Waals surface area contributed by atoms with Crippen LogP contribution in [0.4, 0.5) is 0 Å². The quantitative estimate of drug-likeness (QED) is 0.222. The van der Waals surface area contributed by atoms with E-state index in [2.05, 4.69) is 102 Å². The molecule has 4 rings (SSSR count). The molecule has 192 valence electrons. The van der Waals surface area contributed by atoms with Crippen molar-refractivity contribution in [3.05, 3.63) is 90.0 Å². The van der Waals surface area contributed by atoms with Gasteiger partial charge in [0.2, 0.25) is 0 Å². The molecule has 0 radical (unpaired) electrons. The molecule has 1 heterocycles. The molecule has 0 saturated heterocycles. The third kappa shape index (κ3) is 6.33. The third-order valence-electron chi connectivity index (χ3n) is 7.55. The summed E-state index contributed by atoms with van der Waals surface area (Å²) in [4.78, 5) is 14.7. The van der Waals surface area contributed by atoms with Crippen LogP contribution in [0.25, 0.3) is 34.2 Å². The molecule has 3 heteroatoms. The van der Waals surface area contributed by atoms with Crippen molar-refractivity contribution in [2.24, 2.45) is 0 Å². The Bertz CT molecular complexity index is 1290. The van der Waals surface area contributed by atoms with E-state index in [0.29, 0.717) is 17.5 Å². The molecule has 0 saturated carbocycles. The molecule has 0 N–H and O–H groups in total. The number of hydrogen-bond donors (Lipinski definition) is 0. The average molecular weight is 492 g/mol. The fourth-order valence-electron chi connectivity index (χ4n) is 5.02. The number of nitrogens with zero attached hydrogens (tertiary/aromatic N) is 3. The highest BCUT2D eigenvalue weighted by atomic mass is 15.0. The van der Waals surface area contributed by atoms with Gasteiger partial charge < -0.3 is 0 Å². The van der Waals surface area contributed by atoms with Crippen molar-refractivity contribution in [3.63, 3.8) is 0 Å². The number of aromatic nitrogens is 3. The molecular formula is C34H41N3. The van der Waals surface area contributed by atoms with Gasteiger partial charge in [0.05, 0.1) is 0 Å². The Morgan fingerprint density at radius 1 is 0.486 bits per heavy atom. The van der Waals surface area contributed by atoms with Crippen LogP contribution in [0.3, 0.4) is 0 Å². The van der Waals surface area contributed by atoms with Crippen molar-refractivity contribution >= 4 is 0 Å². The molecule has 37 heavy (non-hydrogen) atoms. The summed E-state index contributed by atoms with van der Waals surface area (Å²) in [6, 6.07) is 27.7. The first-order valence-electron chi connectivity index (χ1n) is 13.8. The van der Waals surface area contributed by atoms with Crippen LogP contribution in [0.1, 0.15) is 84.8 Å². The molecule has 1 aromatic heterocycles. The predicted octanol–water partition coefficient (Wildman–Crippen LogP) is 9.42. The minimum atomic E-state index is 0.152. The highest BCUT2D eigenvalue weighted by Gasteiger charge is 2.21. The molecule has 3 aromatic carbocycles.